The Kier molecular flexibility index (Phi) is 30.3. The second-order valence-electron chi connectivity index (χ2n) is 24.0. The molecule has 5 heteroatoms. The molecule has 16 rings (SSSR count). The van der Waals surface area contributed by atoms with Crippen molar-refractivity contribution in [3.63, 3.8) is 0 Å². The Labute approximate surface area is 537 Å². The van der Waals surface area contributed by atoms with E-state index in [1.54, 1.807) is 28.4 Å². The van der Waals surface area contributed by atoms with Gasteiger partial charge in [0.1, 0.15) is 0 Å². The second kappa shape index (κ2) is 36.8. The van der Waals surface area contributed by atoms with Crippen molar-refractivity contribution in [1.82, 2.24) is 0 Å². The lowest BCUT2D eigenvalue weighted by Gasteiger charge is -2.09. The number of hydrogen-bond acceptors (Lipinski definition) is 5. The van der Waals surface area contributed by atoms with Gasteiger partial charge in [-0.3, -0.25) is 0 Å². The zero-order valence-corrected chi connectivity index (χ0v) is 57.3. The molecule has 3 N–H and O–H groups in total. The van der Waals surface area contributed by atoms with E-state index >= 15 is 0 Å². The summed E-state index contributed by atoms with van der Waals surface area (Å²) in [6.45, 7) is 25.5. The van der Waals surface area contributed by atoms with E-state index in [0.717, 1.165) is 21.3 Å². The van der Waals surface area contributed by atoms with Crippen LogP contribution in [-0.2, 0) is 9.47 Å². The molecule has 0 aliphatic carbocycles. The lowest BCUT2D eigenvalue weighted by Crippen LogP contribution is -1.93. The van der Waals surface area contributed by atoms with Gasteiger partial charge in [0, 0.05) is 49.8 Å². The molecule has 0 bridgehead atoms. The number of hydrogen-bond donors (Lipinski definition) is 3. The topological polar surface area (TPSA) is 79.2 Å². The average Bonchev–Trinajstić information content (AvgIpc) is 0.993. The fourth-order valence-corrected chi connectivity index (χ4v) is 10.7. The molecule has 0 fully saturated rings. The molecule has 16 aromatic rings. The van der Waals surface area contributed by atoms with Gasteiger partial charge in [0.2, 0.25) is 0 Å². The number of rotatable bonds is 0. The normalized spacial score (nSPS) is 10.4. The summed E-state index contributed by atoms with van der Waals surface area (Å²) < 4.78 is 8.50. The molecule has 0 saturated heterocycles. The second-order valence-corrected chi connectivity index (χ2v) is 24.0. The van der Waals surface area contributed by atoms with Gasteiger partial charge in [0.05, 0.1) is 0 Å². The van der Waals surface area contributed by atoms with E-state index < -0.39 is 0 Å². The third-order valence-corrected chi connectivity index (χ3v) is 13.6. The van der Waals surface area contributed by atoms with Gasteiger partial charge in [-0.05, 0) is 140 Å². The van der Waals surface area contributed by atoms with E-state index in [4.69, 9.17) is 15.3 Å². The first-order valence-corrected chi connectivity index (χ1v) is 31.2. The van der Waals surface area contributed by atoms with Crippen LogP contribution < -0.4 is 0 Å². The van der Waals surface area contributed by atoms with Gasteiger partial charge in [-0.15, -0.1) is 0 Å². The van der Waals surface area contributed by atoms with Crippen LogP contribution >= 0.6 is 0 Å². The SMILES string of the molecule is CC.CC.CC(C)(C)C.CC(C)(C)C.CO.CO.CO.COC.COC.c1cc2ccc3cccc4ccc(c1)c2c34.c1cc2ccc3cccc4ccc(c1)c2c34.c1cc2ccc3cccc4ccc(c1)c2c34.c1cc2ccc3cccc4ccc(c1)c2c34. The zero-order chi connectivity index (χ0) is 66.6. The Hall–Kier alpha value is -8.52. The summed E-state index contributed by atoms with van der Waals surface area (Å²) in [7, 11) is 9.50. The van der Waals surface area contributed by atoms with Gasteiger partial charge in [0.15, 0.2) is 0 Å². The van der Waals surface area contributed by atoms with Crippen molar-refractivity contribution < 1.29 is 24.8 Å². The summed E-state index contributed by atoms with van der Waals surface area (Å²) in [5.41, 5.74) is 1.00. The largest absolute Gasteiger partial charge is 0.400 e. The van der Waals surface area contributed by atoms with Crippen molar-refractivity contribution in [2.24, 2.45) is 10.8 Å². The third-order valence-electron chi connectivity index (χ3n) is 13.6. The van der Waals surface area contributed by atoms with Crippen LogP contribution in [0.15, 0.2) is 243 Å². The third kappa shape index (κ3) is 19.2. The molecule has 0 atom stereocenters. The molecule has 16 aromatic carbocycles. The molecule has 90 heavy (non-hydrogen) atoms. The minimum atomic E-state index is 0.500. The van der Waals surface area contributed by atoms with Crippen LogP contribution in [0.25, 0.3) is 129 Å². The first-order valence-electron chi connectivity index (χ1n) is 31.2. The highest BCUT2D eigenvalue weighted by atomic mass is 16.5. The predicted molar refractivity (Wildman–Crippen MR) is 404 cm³/mol. The zero-order valence-electron chi connectivity index (χ0n) is 57.3. The first kappa shape index (κ1) is 73.9. The summed E-state index contributed by atoms with van der Waals surface area (Å²) in [5.74, 6) is 0. The van der Waals surface area contributed by atoms with E-state index in [1.807, 2.05) is 27.7 Å². The van der Waals surface area contributed by atoms with Crippen molar-refractivity contribution in [2.75, 3.05) is 49.8 Å². The lowest BCUT2D eigenvalue weighted by molar-refractivity contribution is 0.277. The van der Waals surface area contributed by atoms with E-state index in [9.17, 15) is 0 Å². The smallest absolute Gasteiger partial charge is 0.0351 e. The van der Waals surface area contributed by atoms with E-state index in [1.165, 1.54) is 129 Å². The highest BCUT2D eigenvalue weighted by molar-refractivity contribution is 6.26. The summed E-state index contributed by atoms with van der Waals surface area (Å²) in [4.78, 5) is 0. The highest BCUT2D eigenvalue weighted by Crippen LogP contribution is 2.38. The molecule has 0 amide bonds. The maximum atomic E-state index is 7.00. The van der Waals surface area contributed by atoms with E-state index in [2.05, 4.69) is 308 Å². The van der Waals surface area contributed by atoms with Crippen LogP contribution in [0.4, 0.5) is 0 Å². The molecule has 0 aromatic heterocycles. The Balaban J connectivity index is 0.000000228. The summed E-state index contributed by atoms with van der Waals surface area (Å²) in [5, 5.41) is 53.6. The molecule has 0 aliphatic rings. The van der Waals surface area contributed by atoms with Gasteiger partial charge >= 0.3 is 0 Å². The number of methoxy groups -OCH3 is 2. The summed E-state index contributed by atoms with van der Waals surface area (Å²) in [6.07, 6.45) is 0. The molecule has 0 aliphatic heterocycles. The Morgan fingerprint density at radius 2 is 0.233 bits per heavy atom. The summed E-state index contributed by atoms with van der Waals surface area (Å²) in [6, 6.07) is 87.4. The quantitative estimate of drug-likeness (QED) is 0.132. The van der Waals surface area contributed by atoms with E-state index in [-0.39, 0.29) is 0 Å². The number of aliphatic hydroxyl groups is 3. The Morgan fingerprint density at radius 3 is 0.289 bits per heavy atom. The van der Waals surface area contributed by atoms with E-state index in [0.29, 0.717) is 10.8 Å². The molecule has 0 saturated carbocycles. The van der Waals surface area contributed by atoms with Crippen molar-refractivity contribution >= 4 is 129 Å². The Morgan fingerprint density at radius 1 is 0.178 bits per heavy atom. The van der Waals surface area contributed by atoms with Crippen molar-refractivity contribution in [3.8, 4) is 0 Å². The molecule has 0 spiro atoms. The van der Waals surface area contributed by atoms with Crippen molar-refractivity contribution in [1.29, 1.82) is 0 Å². The molecule has 0 unspecified atom stereocenters. The van der Waals surface area contributed by atoms with Gasteiger partial charge in [-0.25, -0.2) is 0 Å². The highest BCUT2D eigenvalue weighted by Gasteiger charge is 2.10. The van der Waals surface area contributed by atoms with Crippen LogP contribution in [0.3, 0.4) is 0 Å². The molecule has 5 nitrogen and oxygen atoms in total. The van der Waals surface area contributed by atoms with Crippen LogP contribution in [0.1, 0.15) is 83.1 Å². The average molecular weight is 1200 g/mol. The van der Waals surface area contributed by atoms with Crippen molar-refractivity contribution in [2.45, 2.75) is 83.1 Å². The predicted octanol–water partition coefficient (Wildman–Crippen LogP) is 23.8. The van der Waals surface area contributed by atoms with Crippen LogP contribution in [0, 0.1) is 10.8 Å². The summed E-state index contributed by atoms with van der Waals surface area (Å²) >= 11 is 0. The van der Waals surface area contributed by atoms with Gasteiger partial charge in [0.25, 0.3) is 0 Å². The molecular formula is C85H100O5. The maximum Gasteiger partial charge on any atom is 0.0351 e. The molecule has 470 valence electrons. The number of benzene rings is 16. The van der Waals surface area contributed by atoms with Gasteiger partial charge < -0.3 is 24.8 Å². The maximum absolute atomic E-state index is 7.00. The standard InChI is InChI=1S/4C16H10.2C5H12.2C2H6O.2C2H6.3CH4O/c4*1-3-11-7-9-13-5-2-6-14-10-8-12(4-1)15(11)16(13)14;2*1-5(2,3)4;2*1-3-2;5*1-2/h4*1-10H;2*1-4H3;2*1-2H3;2*1-2H3;3*2H,1H3. The Bertz CT molecular complexity index is 3480. The van der Waals surface area contributed by atoms with Gasteiger partial charge in [-0.2, -0.15) is 0 Å². The lowest BCUT2D eigenvalue weighted by atomic mass is 9.95. The molecule has 0 radical (unpaired) electrons. The molecule has 0 heterocycles. The van der Waals surface area contributed by atoms with Crippen molar-refractivity contribution in [3.05, 3.63) is 243 Å². The first-order chi connectivity index (χ1) is 43.6. The van der Waals surface area contributed by atoms with Crippen LogP contribution in [0.5, 0.6) is 0 Å². The minimum Gasteiger partial charge on any atom is -0.400 e. The number of ether oxygens (including phenoxy) is 2. The molecular weight excluding hydrogens is 1100 g/mol. The van der Waals surface area contributed by atoms with Crippen LogP contribution in [0.2, 0.25) is 0 Å². The minimum absolute atomic E-state index is 0.500. The van der Waals surface area contributed by atoms with Gasteiger partial charge in [-0.1, -0.05) is 326 Å². The van der Waals surface area contributed by atoms with Crippen LogP contribution in [-0.4, -0.2) is 65.1 Å². The fraction of sp³-hybridized carbons (Fsp3) is 0.247. The monoisotopic (exact) mass is 1200 g/mol. The number of aliphatic hydroxyl groups excluding tert-OH is 3. The fourth-order valence-electron chi connectivity index (χ4n) is 10.7.